The van der Waals surface area contributed by atoms with Gasteiger partial charge in [-0.1, -0.05) is 30.3 Å². The normalized spacial score (nSPS) is 10.9. The molecule has 0 aliphatic rings. The van der Waals surface area contributed by atoms with Crippen molar-refractivity contribution in [1.82, 2.24) is 4.98 Å². The molecule has 0 fully saturated rings. The lowest BCUT2D eigenvalue weighted by Gasteiger charge is -2.07. The summed E-state index contributed by atoms with van der Waals surface area (Å²) in [5.41, 5.74) is 0.298. The van der Waals surface area contributed by atoms with Crippen molar-refractivity contribution in [3.8, 4) is 27.6 Å². The molecule has 0 bridgehead atoms. The summed E-state index contributed by atoms with van der Waals surface area (Å²) in [6, 6.07) is 13.0. The van der Waals surface area contributed by atoms with Gasteiger partial charge in [0.1, 0.15) is 10.6 Å². The summed E-state index contributed by atoms with van der Waals surface area (Å²) >= 11 is 1.37. The van der Waals surface area contributed by atoms with Crippen LogP contribution in [0.4, 0.5) is 5.69 Å². The molecule has 2 aromatic heterocycles. The van der Waals surface area contributed by atoms with Crippen molar-refractivity contribution in [2.75, 3.05) is 0 Å². The molecular weight excluding hydrogens is 356 g/mol. The average Bonchev–Trinajstić information content (AvgIpc) is 3.11. The maximum absolute atomic E-state index is 12.3. The number of nitro benzene ring substituents is 1. The van der Waals surface area contributed by atoms with E-state index < -0.39 is 22.0 Å². The zero-order valence-electron chi connectivity index (χ0n) is 13.0. The largest absolute Gasteiger partial charge is 0.868 e. The minimum atomic E-state index is -0.807. The smallest absolute Gasteiger partial charge is 0.345 e. The second-order valence-electron chi connectivity index (χ2n) is 5.47. The highest BCUT2D eigenvalue weighted by atomic mass is 32.1. The van der Waals surface area contributed by atoms with Gasteiger partial charge in [-0.2, -0.15) is 0 Å². The molecule has 0 N–H and O–H groups in total. The fraction of sp³-hybridized carbons (Fsp3) is 0. The number of benzene rings is 2. The predicted octanol–water partition coefficient (Wildman–Crippen LogP) is 3.57. The molecule has 0 unspecified atom stereocenters. The van der Waals surface area contributed by atoms with Crippen molar-refractivity contribution in [2.45, 2.75) is 0 Å². The van der Waals surface area contributed by atoms with E-state index >= 15 is 0 Å². The minimum Gasteiger partial charge on any atom is -0.868 e. The molecule has 4 aromatic rings. The highest BCUT2D eigenvalue weighted by Crippen LogP contribution is 2.32. The van der Waals surface area contributed by atoms with Crippen LogP contribution in [0.3, 0.4) is 0 Å². The highest BCUT2D eigenvalue weighted by Gasteiger charge is 2.15. The Morgan fingerprint density at radius 2 is 1.88 bits per heavy atom. The van der Waals surface area contributed by atoms with E-state index in [1.807, 2.05) is 30.3 Å². The summed E-state index contributed by atoms with van der Waals surface area (Å²) in [7, 11) is 0. The van der Waals surface area contributed by atoms with Gasteiger partial charge in [-0.05, 0) is 17.9 Å². The molecule has 0 amide bonds. The van der Waals surface area contributed by atoms with Crippen LogP contribution in [-0.4, -0.2) is 9.91 Å². The van der Waals surface area contributed by atoms with Crippen molar-refractivity contribution in [2.24, 2.45) is 0 Å². The Balaban J connectivity index is 1.85. The van der Waals surface area contributed by atoms with E-state index in [1.165, 1.54) is 17.4 Å². The molecule has 0 atom stereocenters. The van der Waals surface area contributed by atoms with Gasteiger partial charge in [-0.15, -0.1) is 11.3 Å². The maximum Gasteiger partial charge on any atom is 0.345 e. The van der Waals surface area contributed by atoms with Crippen molar-refractivity contribution in [3.05, 3.63) is 74.4 Å². The van der Waals surface area contributed by atoms with E-state index in [2.05, 4.69) is 4.98 Å². The molecule has 26 heavy (non-hydrogen) atoms. The quantitative estimate of drug-likeness (QED) is 0.312. The van der Waals surface area contributed by atoms with Crippen LogP contribution in [-0.2, 0) is 0 Å². The van der Waals surface area contributed by atoms with Crippen LogP contribution < -0.4 is 10.7 Å². The van der Waals surface area contributed by atoms with E-state index in [0.29, 0.717) is 11.1 Å². The zero-order chi connectivity index (χ0) is 18.3. The molecule has 7 nitrogen and oxygen atoms in total. The number of thiazole rings is 1. The van der Waals surface area contributed by atoms with Crippen LogP contribution in [0.25, 0.3) is 32.8 Å². The molecule has 128 valence electrons. The first kappa shape index (κ1) is 16.0. The predicted molar refractivity (Wildman–Crippen MR) is 95.1 cm³/mol. The van der Waals surface area contributed by atoms with Gasteiger partial charge in [0.2, 0.25) is 0 Å². The van der Waals surface area contributed by atoms with E-state index in [9.17, 15) is 20.0 Å². The fourth-order valence-electron chi connectivity index (χ4n) is 2.57. The molecule has 8 heteroatoms. The summed E-state index contributed by atoms with van der Waals surface area (Å²) in [6.07, 6.45) is 0. The summed E-state index contributed by atoms with van der Waals surface area (Å²) in [5.74, 6) is -0.807. The lowest BCUT2D eigenvalue weighted by molar-refractivity contribution is -0.398. The average molecular weight is 365 g/mol. The van der Waals surface area contributed by atoms with E-state index in [0.717, 1.165) is 22.7 Å². The Labute approximate surface area is 150 Å². The van der Waals surface area contributed by atoms with Gasteiger partial charge in [0.15, 0.2) is 0 Å². The molecule has 0 saturated carbocycles. The van der Waals surface area contributed by atoms with Crippen LogP contribution in [0.5, 0.6) is 5.75 Å². The minimum absolute atomic E-state index is 0.00728. The number of fused-ring (bicyclic) bond motifs is 1. The number of nitrogens with zero attached hydrogens (tertiary/aromatic N) is 2. The van der Waals surface area contributed by atoms with Gasteiger partial charge in [0.25, 0.3) is 5.69 Å². The third kappa shape index (κ3) is 2.72. The van der Waals surface area contributed by atoms with Gasteiger partial charge < -0.3 is 9.52 Å². The topological polar surface area (TPSA) is 109 Å². The molecule has 0 aliphatic heterocycles. The number of rotatable bonds is 3. The Hall–Kier alpha value is -3.52. The fourth-order valence-corrected chi connectivity index (χ4v) is 3.39. The van der Waals surface area contributed by atoms with Crippen molar-refractivity contribution in [1.29, 1.82) is 0 Å². The third-order valence-corrected chi connectivity index (χ3v) is 4.70. The molecule has 2 heterocycles. The van der Waals surface area contributed by atoms with Crippen LogP contribution >= 0.6 is 11.3 Å². The number of hydrogen-bond acceptors (Lipinski definition) is 7. The SMILES string of the molecule is O=c1oc2cc([O-])c([N+](=O)[O-])cc2cc1-c1csc(-c2ccccc2)n1. The van der Waals surface area contributed by atoms with Gasteiger partial charge in [-0.25, -0.2) is 9.78 Å². The number of hydrogen-bond donors (Lipinski definition) is 0. The van der Waals surface area contributed by atoms with Gasteiger partial charge in [0.05, 0.1) is 16.2 Å². The van der Waals surface area contributed by atoms with E-state index in [4.69, 9.17) is 4.42 Å². The second kappa shape index (κ2) is 6.08. The Bertz CT molecular complexity index is 1200. The van der Waals surface area contributed by atoms with Crippen molar-refractivity contribution >= 4 is 28.0 Å². The zero-order valence-corrected chi connectivity index (χ0v) is 13.9. The van der Waals surface area contributed by atoms with Crippen molar-refractivity contribution < 1.29 is 14.4 Å². The molecule has 0 spiro atoms. The van der Waals surface area contributed by atoms with E-state index in [1.54, 1.807) is 5.38 Å². The molecule has 0 radical (unpaired) electrons. The van der Waals surface area contributed by atoms with Gasteiger partial charge in [-0.3, -0.25) is 10.1 Å². The summed E-state index contributed by atoms with van der Waals surface area (Å²) in [4.78, 5) is 26.9. The summed E-state index contributed by atoms with van der Waals surface area (Å²) < 4.78 is 5.16. The standard InChI is InChI=1S/C18H10N2O5S/c21-15-8-16-11(7-14(15)20(23)24)6-12(18(22)25-16)13-9-26-17(19-13)10-4-2-1-3-5-10/h1-9,21H/p-1. The van der Waals surface area contributed by atoms with Crippen LogP contribution in [0.1, 0.15) is 0 Å². The molecular formula is C18H9N2O5S-. The first-order valence-corrected chi connectivity index (χ1v) is 8.35. The summed E-state index contributed by atoms with van der Waals surface area (Å²) in [6.45, 7) is 0. The van der Waals surface area contributed by atoms with Crippen molar-refractivity contribution in [3.63, 3.8) is 0 Å². The maximum atomic E-state index is 12.3. The lowest BCUT2D eigenvalue weighted by Crippen LogP contribution is -2.04. The highest BCUT2D eigenvalue weighted by molar-refractivity contribution is 7.13. The molecule has 2 aromatic carbocycles. The van der Waals surface area contributed by atoms with Crippen LogP contribution in [0, 0.1) is 10.1 Å². The van der Waals surface area contributed by atoms with E-state index in [-0.39, 0.29) is 11.1 Å². The Morgan fingerprint density at radius 1 is 1.12 bits per heavy atom. The first-order chi connectivity index (χ1) is 12.5. The molecule has 0 saturated heterocycles. The molecule has 4 rings (SSSR count). The Morgan fingerprint density at radius 3 is 2.62 bits per heavy atom. The number of nitro groups is 1. The summed E-state index contributed by atoms with van der Waals surface area (Å²) in [5, 5.41) is 25.4. The Kier molecular flexibility index (Phi) is 3.74. The van der Waals surface area contributed by atoms with Gasteiger partial charge >= 0.3 is 5.63 Å². The van der Waals surface area contributed by atoms with Crippen LogP contribution in [0.15, 0.2) is 63.1 Å². The lowest BCUT2D eigenvalue weighted by atomic mass is 10.1. The monoisotopic (exact) mass is 365 g/mol. The number of aromatic nitrogens is 1. The van der Waals surface area contributed by atoms with Gasteiger partial charge in [0, 0.05) is 22.4 Å². The first-order valence-electron chi connectivity index (χ1n) is 7.47. The second-order valence-corrected chi connectivity index (χ2v) is 6.32. The molecule has 0 aliphatic carbocycles. The van der Waals surface area contributed by atoms with Crippen LogP contribution in [0.2, 0.25) is 0 Å². The third-order valence-electron chi connectivity index (χ3n) is 3.81.